The molecule has 1 unspecified atom stereocenters. The molecule has 0 bridgehead atoms. The fraction of sp³-hybridized carbons (Fsp3) is 0.667. The molecule has 1 amide bonds. The summed E-state index contributed by atoms with van der Waals surface area (Å²) in [5, 5.41) is 2.90. The van der Waals surface area contributed by atoms with Crippen molar-refractivity contribution in [1.82, 2.24) is 15.3 Å². The molecule has 5 heteroatoms. The van der Waals surface area contributed by atoms with E-state index in [9.17, 15) is 4.79 Å². The van der Waals surface area contributed by atoms with Gasteiger partial charge in [0.25, 0.3) is 0 Å². The highest BCUT2D eigenvalue weighted by molar-refractivity contribution is 5.75. The third-order valence-electron chi connectivity index (χ3n) is 3.52. The van der Waals surface area contributed by atoms with Gasteiger partial charge in [0.15, 0.2) is 0 Å². The first-order chi connectivity index (χ1) is 9.52. The number of amides is 1. The number of carbonyl (C=O) groups is 1. The van der Waals surface area contributed by atoms with E-state index in [-0.39, 0.29) is 5.91 Å². The van der Waals surface area contributed by atoms with Crippen molar-refractivity contribution in [1.29, 1.82) is 0 Å². The van der Waals surface area contributed by atoms with Crippen LogP contribution in [0.15, 0.2) is 12.3 Å². The molecule has 1 aromatic rings. The van der Waals surface area contributed by atoms with Gasteiger partial charge in [-0.1, -0.05) is 13.8 Å². The smallest absolute Gasteiger partial charge is 0.220 e. The first kappa shape index (κ1) is 16.6. The highest BCUT2D eigenvalue weighted by Gasteiger charge is 2.14. The fourth-order valence-electron chi connectivity index (χ4n) is 2.22. The number of aryl methyl sites for hydroxylation is 1. The van der Waals surface area contributed by atoms with E-state index in [4.69, 9.17) is 5.73 Å². The van der Waals surface area contributed by atoms with E-state index in [0.29, 0.717) is 31.3 Å². The molecule has 0 aliphatic rings. The number of carbonyl (C=O) groups excluding carboxylic acids is 1. The molecule has 0 aromatic carbocycles. The number of hydrogen-bond acceptors (Lipinski definition) is 4. The summed E-state index contributed by atoms with van der Waals surface area (Å²) in [5.74, 6) is 1.88. The number of nitrogens with one attached hydrogen (secondary N) is 1. The highest BCUT2D eigenvalue weighted by Crippen LogP contribution is 2.20. The molecule has 0 radical (unpaired) electrons. The van der Waals surface area contributed by atoms with E-state index in [1.165, 1.54) is 0 Å². The van der Waals surface area contributed by atoms with Gasteiger partial charge in [0, 0.05) is 12.6 Å². The Morgan fingerprint density at radius 2 is 2.15 bits per heavy atom. The van der Waals surface area contributed by atoms with Crippen LogP contribution < -0.4 is 11.1 Å². The summed E-state index contributed by atoms with van der Waals surface area (Å²) in [5.41, 5.74) is 6.45. The molecule has 0 spiro atoms. The van der Waals surface area contributed by atoms with Crippen molar-refractivity contribution in [2.75, 3.05) is 6.54 Å². The summed E-state index contributed by atoms with van der Waals surface area (Å²) in [4.78, 5) is 20.1. The van der Waals surface area contributed by atoms with Crippen LogP contribution in [0.5, 0.6) is 0 Å². The lowest BCUT2D eigenvalue weighted by atomic mass is 9.88. The normalized spacial score (nSPS) is 12.4. The monoisotopic (exact) mass is 278 g/mol. The van der Waals surface area contributed by atoms with Gasteiger partial charge in [0.05, 0.1) is 12.2 Å². The second-order valence-electron chi connectivity index (χ2n) is 5.49. The molecule has 5 nitrogen and oxygen atoms in total. The molecule has 0 saturated carbocycles. The van der Waals surface area contributed by atoms with Crippen LogP contribution in [0.1, 0.15) is 44.6 Å². The summed E-state index contributed by atoms with van der Waals surface area (Å²) in [7, 11) is 0. The summed E-state index contributed by atoms with van der Waals surface area (Å²) in [6.07, 6.45) is 4.13. The van der Waals surface area contributed by atoms with Gasteiger partial charge >= 0.3 is 0 Å². The van der Waals surface area contributed by atoms with Crippen LogP contribution in [0.2, 0.25) is 0 Å². The SMILES string of the molecule is Cc1nccc(CNC(=O)CCC(CCN)C(C)C)n1. The van der Waals surface area contributed by atoms with Crippen LogP contribution in [0, 0.1) is 18.8 Å². The van der Waals surface area contributed by atoms with E-state index >= 15 is 0 Å². The standard InChI is InChI=1S/C15H26N4O/c1-11(2)13(6-8-16)4-5-15(20)18-10-14-7-9-17-12(3)19-14/h7,9,11,13H,4-6,8,10,16H2,1-3H3,(H,18,20). The van der Waals surface area contributed by atoms with Crippen LogP contribution in [0.3, 0.4) is 0 Å². The molecular formula is C15H26N4O. The minimum atomic E-state index is 0.0731. The maximum absolute atomic E-state index is 11.8. The highest BCUT2D eigenvalue weighted by atomic mass is 16.1. The molecule has 3 N–H and O–H groups in total. The zero-order valence-corrected chi connectivity index (χ0v) is 12.7. The van der Waals surface area contributed by atoms with Crippen molar-refractivity contribution in [3.63, 3.8) is 0 Å². The van der Waals surface area contributed by atoms with Gasteiger partial charge in [0.1, 0.15) is 5.82 Å². The van der Waals surface area contributed by atoms with E-state index in [1.54, 1.807) is 6.20 Å². The molecule has 1 atom stereocenters. The van der Waals surface area contributed by atoms with Crippen molar-refractivity contribution in [2.45, 2.75) is 46.6 Å². The Morgan fingerprint density at radius 1 is 1.40 bits per heavy atom. The molecule has 1 aromatic heterocycles. The average molecular weight is 278 g/mol. The second-order valence-corrected chi connectivity index (χ2v) is 5.49. The Balaban J connectivity index is 2.33. The van der Waals surface area contributed by atoms with Crippen molar-refractivity contribution < 1.29 is 4.79 Å². The minimum absolute atomic E-state index is 0.0731. The van der Waals surface area contributed by atoms with E-state index < -0.39 is 0 Å². The molecular weight excluding hydrogens is 252 g/mol. The van der Waals surface area contributed by atoms with Gasteiger partial charge in [-0.25, -0.2) is 9.97 Å². The predicted octanol–water partition coefficient (Wildman–Crippen LogP) is 1.80. The summed E-state index contributed by atoms with van der Waals surface area (Å²) < 4.78 is 0. The lowest BCUT2D eigenvalue weighted by molar-refractivity contribution is -0.121. The molecule has 1 rings (SSSR count). The quantitative estimate of drug-likeness (QED) is 0.760. The lowest BCUT2D eigenvalue weighted by Gasteiger charge is -2.19. The van der Waals surface area contributed by atoms with Crippen LogP contribution in [-0.4, -0.2) is 22.4 Å². The van der Waals surface area contributed by atoms with Gasteiger partial charge in [-0.15, -0.1) is 0 Å². The lowest BCUT2D eigenvalue weighted by Crippen LogP contribution is -2.25. The number of hydrogen-bond donors (Lipinski definition) is 2. The maximum atomic E-state index is 11.8. The minimum Gasteiger partial charge on any atom is -0.350 e. The molecule has 0 aliphatic heterocycles. The number of nitrogens with zero attached hydrogens (tertiary/aromatic N) is 2. The zero-order valence-electron chi connectivity index (χ0n) is 12.7. The Morgan fingerprint density at radius 3 is 2.75 bits per heavy atom. The maximum Gasteiger partial charge on any atom is 0.220 e. The molecule has 1 heterocycles. The molecule has 20 heavy (non-hydrogen) atoms. The van der Waals surface area contributed by atoms with Crippen LogP contribution in [0.4, 0.5) is 0 Å². The predicted molar refractivity (Wildman–Crippen MR) is 79.8 cm³/mol. The molecule has 0 saturated heterocycles. The van der Waals surface area contributed by atoms with Crippen molar-refractivity contribution >= 4 is 5.91 Å². The summed E-state index contributed by atoms with van der Waals surface area (Å²) in [6.45, 7) is 7.35. The topological polar surface area (TPSA) is 80.9 Å². The number of aromatic nitrogens is 2. The van der Waals surface area contributed by atoms with Gasteiger partial charge in [-0.3, -0.25) is 4.79 Å². The zero-order chi connectivity index (χ0) is 15.0. The molecule has 0 aliphatic carbocycles. The Bertz CT molecular complexity index is 420. The average Bonchev–Trinajstić information content (AvgIpc) is 2.41. The largest absolute Gasteiger partial charge is 0.350 e. The van der Waals surface area contributed by atoms with Gasteiger partial charge in [-0.05, 0) is 44.2 Å². The van der Waals surface area contributed by atoms with Crippen LogP contribution in [-0.2, 0) is 11.3 Å². The third-order valence-corrected chi connectivity index (χ3v) is 3.52. The van der Waals surface area contributed by atoms with Gasteiger partial charge < -0.3 is 11.1 Å². The summed E-state index contributed by atoms with van der Waals surface area (Å²) >= 11 is 0. The number of nitrogens with two attached hydrogens (primary N) is 1. The Hall–Kier alpha value is -1.49. The van der Waals surface area contributed by atoms with Crippen molar-refractivity contribution in [3.05, 3.63) is 23.8 Å². The fourth-order valence-corrected chi connectivity index (χ4v) is 2.22. The molecule has 112 valence electrons. The van der Waals surface area contributed by atoms with E-state index in [1.807, 2.05) is 13.0 Å². The molecule has 0 fully saturated rings. The Kier molecular flexibility index (Phi) is 7.15. The first-order valence-electron chi connectivity index (χ1n) is 7.28. The van der Waals surface area contributed by atoms with Crippen LogP contribution >= 0.6 is 0 Å². The first-order valence-corrected chi connectivity index (χ1v) is 7.28. The second kappa shape index (κ2) is 8.64. The summed E-state index contributed by atoms with van der Waals surface area (Å²) in [6, 6.07) is 1.82. The van der Waals surface area contributed by atoms with Gasteiger partial charge in [-0.2, -0.15) is 0 Å². The number of rotatable bonds is 8. The van der Waals surface area contributed by atoms with Crippen molar-refractivity contribution in [2.24, 2.45) is 17.6 Å². The van der Waals surface area contributed by atoms with E-state index in [2.05, 4.69) is 29.1 Å². The third kappa shape index (κ3) is 6.10. The van der Waals surface area contributed by atoms with Gasteiger partial charge in [0.2, 0.25) is 5.91 Å². The van der Waals surface area contributed by atoms with Crippen molar-refractivity contribution in [3.8, 4) is 0 Å². The Labute approximate surface area is 121 Å². The van der Waals surface area contributed by atoms with Crippen LogP contribution in [0.25, 0.3) is 0 Å². The van der Waals surface area contributed by atoms with E-state index in [0.717, 1.165) is 24.4 Å².